The van der Waals surface area contributed by atoms with Crippen LogP contribution in [0.1, 0.15) is 18.1 Å². The lowest BCUT2D eigenvalue weighted by molar-refractivity contribution is 0.603. The summed E-state index contributed by atoms with van der Waals surface area (Å²) in [6.07, 6.45) is 2.36. The molecule has 0 radical (unpaired) electrons. The highest BCUT2D eigenvalue weighted by Crippen LogP contribution is 2.27. The first-order valence-electron chi connectivity index (χ1n) is 4.35. The summed E-state index contributed by atoms with van der Waals surface area (Å²) in [6, 6.07) is 2.07. The van der Waals surface area contributed by atoms with Gasteiger partial charge in [-0.2, -0.15) is 0 Å². The second-order valence-corrected chi connectivity index (χ2v) is 3.15. The molecular weight excluding hydrogens is 164 g/mol. The number of rotatable bonds is 1. The van der Waals surface area contributed by atoms with Gasteiger partial charge >= 0.3 is 0 Å². The van der Waals surface area contributed by atoms with Crippen molar-refractivity contribution in [2.75, 3.05) is 5.73 Å². The average molecular weight is 176 g/mol. The Morgan fingerprint density at radius 3 is 3.00 bits per heavy atom. The zero-order valence-corrected chi connectivity index (χ0v) is 7.79. The maximum absolute atomic E-state index is 5.91. The largest absolute Gasteiger partial charge is 0.441 e. The molecule has 0 saturated heterocycles. The number of nitrogen functional groups attached to an aromatic ring is 1. The molecule has 1 aromatic heterocycles. The Balaban J connectivity index is 2.85. The first-order chi connectivity index (χ1) is 6.24. The number of fused-ring (bicyclic) bond motifs is 1. The van der Waals surface area contributed by atoms with Crippen molar-refractivity contribution in [3.05, 3.63) is 23.6 Å². The van der Waals surface area contributed by atoms with E-state index in [9.17, 15) is 0 Å². The lowest BCUT2D eigenvalue weighted by Crippen LogP contribution is -1.94. The highest BCUT2D eigenvalue weighted by atomic mass is 16.3. The molecule has 0 aliphatic heterocycles. The van der Waals surface area contributed by atoms with Crippen molar-refractivity contribution in [2.45, 2.75) is 20.3 Å². The van der Waals surface area contributed by atoms with Gasteiger partial charge in [0, 0.05) is 0 Å². The number of aryl methyl sites for hydroxylation is 2. The molecule has 0 aliphatic carbocycles. The van der Waals surface area contributed by atoms with E-state index in [1.165, 1.54) is 6.39 Å². The molecule has 0 aliphatic rings. The monoisotopic (exact) mass is 176 g/mol. The molecule has 2 aromatic rings. The van der Waals surface area contributed by atoms with E-state index in [-0.39, 0.29) is 0 Å². The van der Waals surface area contributed by atoms with E-state index in [0.717, 1.165) is 34.3 Å². The van der Waals surface area contributed by atoms with Crippen molar-refractivity contribution in [2.24, 2.45) is 0 Å². The van der Waals surface area contributed by atoms with Crippen molar-refractivity contribution in [3.8, 4) is 0 Å². The number of benzene rings is 1. The van der Waals surface area contributed by atoms with E-state index in [2.05, 4.69) is 18.0 Å². The Morgan fingerprint density at radius 2 is 2.31 bits per heavy atom. The third-order valence-electron chi connectivity index (χ3n) is 2.30. The van der Waals surface area contributed by atoms with E-state index < -0.39 is 0 Å². The first kappa shape index (κ1) is 8.10. The first-order valence-corrected chi connectivity index (χ1v) is 4.35. The van der Waals surface area contributed by atoms with Gasteiger partial charge in [-0.3, -0.25) is 0 Å². The summed E-state index contributed by atoms with van der Waals surface area (Å²) in [5.74, 6) is 0. The van der Waals surface area contributed by atoms with Crippen LogP contribution in [0.2, 0.25) is 0 Å². The molecule has 1 aromatic carbocycles. The Hall–Kier alpha value is -1.51. The highest BCUT2D eigenvalue weighted by molar-refractivity contribution is 5.89. The minimum atomic E-state index is 0.719. The Bertz CT molecular complexity index is 445. The van der Waals surface area contributed by atoms with Crippen LogP contribution in [0.4, 0.5) is 5.69 Å². The summed E-state index contributed by atoms with van der Waals surface area (Å²) in [5, 5.41) is 0. The van der Waals surface area contributed by atoms with E-state index in [4.69, 9.17) is 10.2 Å². The Kier molecular flexibility index (Phi) is 1.72. The van der Waals surface area contributed by atoms with Crippen LogP contribution in [0.15, 0.2) is 16.9 Å². The van der Waals surface area contributed by atoms with E-state index >= 15 is 0 Å². The molecule has 68 valence electrons. The zero-order chi connectivity index (χ0) is 9.42. The average Bonchev–Trinajstić information content (AvgIpc) is 2.60. The lowest BCUT2D eigenvalue weighted by atomic mass is 10.1. The molecule has 3 nitrogen and oxygen atoms in total. The van der Waals surface area contributed by atoms with Crippen molar-refractivity contribution in [1.82, 2.24) is 4.98 Å². The van der Waals surface area contributed by atoms with Crippen LogP contribution in [-0.2, 0) is 6.42 Å². The standard InChI is InChI=1S/C10H12N2O/c1-3-7-4-6(2)9-10(8(7)11)13-5-12-9/h4-5H,3,11H2,1-2H3. The maximum Gasteiger partial charge on any atom is 0.182 e. The van der Waals surface area contributed by atoms with Crippen molar-refractivity contribution in [1.29, 1.82) is 0 Å². The zero-order valence-electron chi connectivity index (χ0n) is 7.79. The van der Waals surface area contributed by atoms with Crippen molar-refractivity contribution < 1.29 is 4.42 Å². The van der Waals surface area contributed by atoms with Crippen LogP contribution < -0.4 is 5.73 Å². The van der Waals surface area contributed by atoms with Crippen molar-refractivity contribution in [3.63, 3.8) is 0 Å². The van der Waals surface area contributed by atoms with Gasteiger partial charge in [0.15, 0.2) is 12.0 Å². The predicted octanol–water partition coefficient (Wildman–Crippen LogP) is 2.28. The van der Waals surface area contributed by atoms with Gasteiger partial charge in [0.1, 0.15) is 5.52 Å². The summed E-state index contributed by atoms with van der Waals surface area (Å²) in [5.41, 5.74) is 10.5. The van der Waals surface area contributed by atoms with Crippen LogP contribution in [0.25, 0.3) is 11.1 Å². The Labute approximate surface area is 76.6 Å². The number of hydrogen-bond acceptors (Lipinski definition) is 3. The fraction of sp³-hybridized carbons (Fsp3) is 0.300. The molecular formula is C10H12N2O. The number of oxazole rings is 1. The third-order valence-corrected chi connectivity index (χ3v) is 2.30. The van der Waals surface area contributed by atoms with Gasteiger partial charge in [-0.05, 0) is 24.5 Å². The molecule has 1 heterocycles. The summed E-state index contributed by atoms with van der Waals surface area (Å²) in [7, 11) is 0. The molecule has 3 heteroatoms. The Morgan fingerprint density at radius 1 is 1.54 bits per heavy atom. The molecule has 13 heavy (non-hydrogen) atoms. The van der Waals surface area contributed by atoms with Crippen LogP contribution in [0.3, 0.4) is 0 Å². The van der Waals surface area contributed by atoms with Gasteiger partial charge in [-0.1, -0.05) is 13.0 Å². The van der Waals surface area contributed by atoms with Crippen LogP contribution in [0, 0.1) is 6.92 Å². The fourth-order valence-electron chi connectivity index (χ4n) is 1.56. The lowest BCUT2D eigenvalue weighted by Gasteiger charge is -2.04. The molecule has 0 fully saturated rings. The minimum Gasteiger partial charge on any atom is -0.441 e. The summed E-state index contributed by atoms with van der Waals surface area (Å²) >= 11 is 0. The third kappa shape index (κ3) is 1.08. The predicted molar refractivity (Wildman–Crippen MR) is 52.5 cm³/mol. The second kappa shape index (κ2) is 2.76. The van der Waals surface area contributed by atoms with E-state index in [0.29, 0.717) is 0 Å². The van der Waals surface area contributed by atoms with Crippen LogP contribution in [0.5, 0.6) is 0 Å². The van der Waals surface area contributed by atoms with Crippen molar-refractivity contribution >= 4 is 16.8 Å². The number of nitrogens with zero attached hydrogens (tertiary/aromatic N) is 1. The van der Waals surface area contributed by atoms with Gasteiger partial charge in [-0.25, -0.2) is 4.98 Å². The topological polar surface area (TPSA) is 52.0 Å². The van der Waals surface area contributed by atoms with Crippen LogP contribution in [-0.4, -0.2) is 4.98 Å². The SMILES string of the molecule is CCc1cc(C)c2ncoc2c1N. The van der Waals surface area contributed by atoms with Crippen LogP contribution >= 0.6 is 0 Å². The number of aromatic nitrogens is 1. The quantitative estimate of drug-likeness (QED) is 0.678. The molecule has 0 amide bonds. The molecule has 0 atom stereocenters. The minimum absolute atomic E-state index is 0.719. The molecule has 0 saturated carbocycles. The smallest absolute Gasteiger partial charge is 0.182 e. The maximum atomic E-state index is 5.91. The van der Waals surface area contributed by atoms with Gasteiger partial charge < -0.3 is 10.2 Å². The van der Waals surface area contributed by atoms with Gasteiger partial charge in [-0.15, -0.1) is 0 Å². The molecule has 2 rings (SSSR count). The number of hydrogen-bond donors (Lipinski definition) is 1. The van der Waals surface area contributed by atoms with Gasteiger partial charge in [0.2, 0.25) is 0 Å². The summed E-state index contributed by atoms with van der Waals surface area (Å²) in [4.78, 5) is 4.11. The molecule has 2 N–H and O–H groups in total. The second-order valence-electron chi connectivity index (χ2n) is 3.15. The van der Waals surface area contributed by atoms with Gasteiger partial charge in [0.25, 0.3) is 0 Å². The molecule has 0 bridgehead atoms. The fourth-order valence-corrected chi connectivity index (χ4v) is 1.56. The normalized spacial score (nSPS) is 10.9. The summed E-state index contributed by atoms with van der Waals surface area (Å²) < 4.78 is 5.24. The molecule has 0 spiro atoms. The van der Waals surface area contributed by atoms with E-state index in [1.807, 2.05) is 6.92 Å². The molecule has 0 unspecified atom stereocenters. The summed E-state index contributed by atoms with van der Waals surface area (Å²) in [6.45, 7) is 4.09. The highest BCUT2D eigenvalue weighted by Gasteiger charge is 2.09. The van der Waals surface area contributed by atoms with Gasteiger partial charge in [0.05, 0.1) is 5.69 Å². The number of anilines is 1. The number of nitrogens with two attached hydrogens (primary N) is 1. The van der Waals surface area contributed by atoms with E-state index in [1.54, 1.807) is 0 Å².